The quantitative estimate of drug-likeness (QED) is 0.799. The molecule has 0 spiro atoms. The molecule has 0 bridgehead atoms. The van der Waals surface area contributed by atoms with Gasteiger partial charge in [-0.3, -0.25) is 4.90 Å². The van der Waals surface area contributed by atoms with Crippen LogP contribution in [0.3, 0.4) is 0 Å². The van der Waals surface area contributed by atoms with Crippen LogP contribution in [0.25, 0.3) is 0 Å². The number of hydrogen-bond donors (Lipinski definition) is 1. The van der Waals surface area contributed by atoms with E-state index in [9.17, 15) is 0 Å². The molecule has 0 aliphatic carbocycles. The summed E-state index contributed by atoms with van der Waals surface area (Å²) in [5.41, 5.74) is 1.34. The first-order chi connectivity index (χ1) is 11.7. The lowest BCUT2D eigenvalue weighted by atomic mass is 10.1. The van der Waals surface area contributed by atoms with Gasteiger partial charge in [-0.05, 0) is 36.3 Å². The molecule has 0 atom stereocenters. The van der Waals surface area contributed by atoms with Crippen LogP contribution in [-0.2, 0) is 13.0 Å². The van der Waals surface area contributed by atoms with E-state index in [1.807, 2.05) is 12.1 Å². The van der Waals surface area contributed by atoms with Crippen molar-refractivity contribution < 1.29 is 0 Å². The molecule has 1 aromatic carbocycles. The smallest absolute Gasteiger partial charge is 0.169 e. The predicted molar refractivity (Wildman–Crippen MR) is 107 cm³/mol. The summed E-state index contributed by atoms with van der Waals surface area (Å²) in [4.78, 5) is 6.07. The number of hydrogen-bond acceptors (Lipinski definition) is 3. The molecule has 1 N–H and O–H groups in total. The number of thiophene rings is 1. The molecule has 2 aromatic rings. The maximum atomic E-state index is 6.00. The normalized spacial score (nSPS) is 15.5. The van der Waals surface area contributed by atoms with Crippen LogP contribution < -0.4 is 5.32 Å². The van der Waals surface area contributed by atoms with Crippen molar-refractivity contribution in [2.24, 2.45) is 0 Å². The summed E-state index contributed by atoms with van der Waals surface area (Å²) in [5.74, 6) is 0. The Hall–Kier alpha value is -1.14. The van der Waals surface area contributed by atoms with E-state index in [4.69, 9.17) is 23.8 Å². The second kappa shape index (κ2) is 8.81. The lowest BCUT2D eigenvalue weighted by Crippen LogP contribution is -2.51. The molecule has 24 heavy (non-hydrogen) atoms. The van der Waals surface area contributed by atoms with Crippen molar-refractivity contribution >= 4 is 40.3 Å². The average molecular weight is 380 g/mol. The monoisotopic (exact) mass is 379 g/mol. The first-order valence-electron chi connectivity index (χ1n) is 8.24. The SMILES string of the molecule is S=C(NCCc1ccccc1)N1CCN(Cc2ccc(Cl)s2)CC1. The molecule has 1 aliphatic heterocycles. The second-order valence-electron chi connectivity index (χ2n) is 5.94. The Kier molecular flexibility index (Phi) is 6.49. The number of rotatable bonds is 5. The molecule has 0 unspecified atom stereocenters. The highest BCUT2D eigenvalue weighted by molar-refractivity contribution is 7.80. The summed E-state index contributed by atoms with van der Waals surface area (Å²) >= 11 is 13.2. The van der Waals surface area contributed by atoms with Gasteiger partial charge in [-0.15, -0.1) is 11.3 Å². The van der Waals surface area contributed by atoms with E-state index in [0.29, 0.717) is 0 Å². The summed E-state index contributed by atoms with van der Waals surface area (Å²) in [6.45, 7) is 5.91. The molecule has 0 amide bonds. The van der Waals surface area contributed by atoms with Gasteiger partial charge in [-0.1, -0.05) is 41.9 Å². The van der Waals surface area contributed by atoms with E-state index >= 15 is 0 Å². The van der Waals surface area contributed by atoms with Crippen molar-refractivity contribution in [1.29, 1.82) is 0 Å². The lowest BCUT2D eigenvalue weighted by Gasteiger charge is -2.36. The van der Waals surface area contributed by atoms with Crippen LogP contribution in [-0.4, -0.2) is 47.6 Å². The number of benzene rings is 1. The Labute approximate surface area is 158 Å². The molecule has 0 radical (unpaired) electrons. The summed E-state index contributed by atoms with van der Waals surface area (Å²) in [5, 5.41) is 4.27. The summed E-state index contributed by atoms with van der Waals surface area (Å²) in [6, 6.07) is 14.6. The fourth-order valence-corrected chi connectivity index (χ4v) is 4.25. The maximum absolute atomic E-state index is 6.00. The molecule has 1 fully saturated rings. The van der Waals surface area contributed by atoms with Gasteiger partial charge in [-0.25, -0.2) is 0 Å². The van der Waals surface area contributed by atoms with Gasteiger partial charge in [0.2, 0.25) is 0 Å². The number of nitrogens with one attached hydrogen (secondary N) is 1. The topological polar surface area (TPSA) is 18.5 Å². The van der Waals surface area contributed by atoms with Gasteiger partial charge in [-0.2, -0.15) is 0 Å². The minimum absolute atomic E-state index is 0.868. The molecule has 128 valence electrons. The molecule has 3 rings (SSSR count). The van der Waals surface area contributed by atoms with Crippen LogP contribution in [0.4, 0.5) is 0 Å². The Bertz CT molecular complexity index is 651. The minimum Gasteiger partial charge on any atom is -0.362 e. The molecule has 1 saturated heterocycles. The summed E-state index contributed by atoms with van der Waals surface area (Å²) in [6.07, 6.45) is 1.00. The van der Waals surface area contributed by atoms with E-state index in [2.05, 4.69) is 45.4 Å². The number of thiocarbonyl (C=S) groups is 1. The molecule has 0 saturated carbocycles. The maximum Gasteiger partial charge on any atom is 0.169 e. The van der Waals surface area contributed by atoms with Crippen LogP contribution >= 0.6 is 35.2 Å². The van der Waals surface area contributed by atoms with Gasteiger partial charge in [0.25, 0.3) is 0 Å². The third kappa shape index (κ3) is 5.18. The van der Waals surface area contributed by atoms with E-state index < -0.39 is 0 Å². The van der Waals surface area contributed by atoms with Crippen molar-refractivity contribution in [2.75, 3.05) is 32.7 Å². The standard InChI is InChI=1S/C18H22ClN3S2/c19-17-7-6-16(24-17)14-21-10-12-22(13-11-21)18(23)20-9-8-15-4-2-1-3-5-15/h1-7H,8-14H2,(H,20,23). The van der Waals surface area contributed by atoms with Crippen LogP contribution in [0, 0.1) is 0 Å². The van der Waals surface area contributed by atoms with Gasteiger partial charge < -0.3 is 10.2 Å². The van der Waals surface area contributed by atoms with Crippen LogP contribution in [0.5, 0.6) is 0 Å². The van der Waals surface area contributed by atoms with Crippen molar-refractivity contribution in [3.05, 3.63) is 57.2 Å². The molecule has 1 aromatic heterocycles. The van der Waals surface area contributed by atoms with Gasteiger partial charge in [0.1, 0.15) is 0 Å². The van der Waals surface area contributed by atoms with Crippen LogP contribution in [0.1, 0.15) is 10.4 Å². The van der Waals surface area contributed by atoms with Crippen LogP contribution in [0.15, 0.2) is 42.5 Å². The summed E-state index contributed by atoms with van der Waals surface area (Å²) < 4.78 is 0.868. The molecule has 1 aliphatic rings. The zero-order chi connectivity index (χ0) is 16.8. The largest absolute Gasteiger partial charge is 0.362 e. The van der Waals surface area contributed by atoms with Gasteiger partial charge in [0.05, 0.1) is 4.34 Å². The van der Waals surface area contributed by atoms with Crippen molar-refractivity contribution in [3.8, 4) is 0 Å². The Morgan fingerprint density at radius 3 is 2.50 bits per heavy atom. The molecule has 6 heteroatoms. The molecular weight excluding hydrogens is 358 g/mol. The fraction of sp³-hybridized carbons (Fsp3) is 0.389. The van der Waals surface area contributed by atoms with Gasteiger partial charge in [0.15, 0.2) is 5.11 Å². The van der Waals surface area contributed by atoms with Gasteiger partial charge in [0, 0.05) is 44.1 Å². The Morgan fingerprint density at radius 1 is 1.08 bits per heavy atom. The zero-order valence-corrected chi connectivity index (χ0v) is 16.0. The highest BCUT2D eigenvalue weighted by Crippen LogP contribution is 2.23. The predicted octanol–water partition coefficient (Wildman–Crippen LogP) is 3.64. The van der Waals surface area contributed by atoms with Crippen LogP contribution in [0.2, 0.25) is 4.34 Å². The first kappa shape index (κ1) is 17.7. The number of nitrogens with zero attached hydrogens (tertiary/aromatic N) is 2. The Morgan fingerprint density at radius 2 is 1.83 bits per heavy atom. The molecule has 3 nitrogen and oxygen atoms in total. The minimum atomic E-state index is 0.868. The zero-order valence-electron chi connectivity index (χ0n) is 13.6. The Balaban J connectivity index is 1.37. The van der Waals surface area contributed by atoms with E-state index in [0.717, 1.165) is 55.1 Å². The number of halogens is 1. The third-order valence-electron chi connectivity index (χ3n) is 4.20. The van der Waals surface area contributed by atoms with E-state index in [-0.39, 0.29) is 0 Å². The molecular formula is C18H22ClN3S2. The van der Waals surface area contributed by atoms with Crippen molar-refractivity contribution in [1.82, 2.24) is 15.1 Å². The number of piperazine rings is 1. The molecule has 2 heterocycles. The van der Waals surface area contributed by atoms with E-state index in [1.54, 1.807) is 11.3 Å². The summed E-state index contributed by atoms with van der Waals surface area (Å²) in [7, 11) is 0. The van der Waals surface area contributed by atoms with Crippen molar-refractivity contribution in [2.45, 2.75) is 13.0 Å². The van der Waals surface area contributed by atoms with Crippen molar-refractivity contribution in [3.63, 3.8) is 0 Å². The third-order valence-corrected chi connectivity index (χ3v) is 5.82. The van der Waals surface area contributed by atoms with E-state index in [1.165, 1.54) is 10.4 Å². The average Bonchev–Trinajstić information content (AvgIpc) is 3.01. The first-order valence-corrected chi connectivity index (χ1v) is 9.84. The fourth-order valence-electron chi connectivity index (χ4n) is 2.84. The lowest BCUT2D eigenvalue weighted by molar-refractivity contribution is 0.176. The highest BCUT2D eigenvalue weighted by atomic mass is 35.5. The van der Waals surface area contributed by atoms with Gasteiger partial charge >= 0.3 is 0 Å². The second-order valence-corrected chi connectivity index (χ2v) is 8.12. The highest BCUT2D eigenvalue weighted by Gasteiger charge is 2.19.